The number of hydrogen-bond donors (Lipinski definition) is 2. The van der Waals surface area contributed by atoms with Crippen LogP contribution in [0.2, 0.25) is 0 Å². The lowest BCUT2D eigenvalue weighted by Crippen LogP contribution is -2.45. The number of hydrogen-bond acceptors (Lipinski definition) is 3. The summed E-state index contributed by atoms with van der Waals surface area (Å²) >= 11 is 0. The Kier molecular flexibility index (Phi) is 5.46. The third kappa shape index (κ3) is 4.90. The van der Waals surface area contributed by atoms with Crippen LogP contribution < -0.4 is 10.6 Å². The smallest absolute Gasteiger partial charge is 0.321 e. The summed E-state index contributed by atoms with van der Waals surface area (Å²) in [5.74, 6) is -0.308. The van der Waals surface area contributed by atoms with Gasteiger partial charge < -0.3 is 5.32 Å². The minimum atomic E-state index is -0.406. The maximum Gasteiger partial charge on any atom is 0.321 e. The molecule has 0 aromatic heterocycles. The van der Waals surface area contributed by atoms with Crippen LogP contribution in [-0.4, -0.2) is 36.5 Å². The predicted molar refractivity (Wildman–Crippen MR) is 97.1 cm³/mol. The molecule has 0 aliphatic heterocycles. The molecule has 1 saturated carbocycles. The highest BCUT2D eigenvalue weighted by molar-refractivity contribution is 5.95. The Hall–Kier alpha value is -2.66. The first kappa shape index (κ1) is 17.2. The molecule has 5 heteroatoms. The average Bonchev–Trinajstić information content (AvgIpc) is 3.40. The van der Waals surface area contributed by atoms with Gasteiger partial charge in [0.15, 0.2) is 0 Å². The van der Waals surface area contributed by atoms with Crippen LogP contribution in [0, 0.1) is 0 Å². The molecule has 0 unspecified atom stereocenters. The molecule has 130 valence electrons. The van der Waals surface area contributed by atoms with Gasteiger partial charge in [-0.1, -0.05) is 60.7 Å². The van der Waals surface area contributed by atoms with Gasteiger partial charge in [-0.05, 0) is 31.0 Å². The van der Waals surface area contributed by atoms with Crippen LogP contribution in [0.4, 0.5) is 4.79 Å². The van der Waals surface area contributed by atoms with Crippen LogP contribution in [-0.2, 0) is 4.79 Å². The number of nitrogens with one attached hydrogen (secondary N) is 2. The van der Waals surface area contributed by atoms with Gasteiger partial charge in [-0.15, -0.1) is 0 Å². The van der Waals surface area contributed by atoms with Crippen molar-refractivity contribution in [2.45, 2.75) is 24.9 Å². The van der Waals surface area contributed by atoms with Crippen LogP contribution >= 0.6 is 0 Å². The van der Waals surface area contributed by atoms with Crippen LogP contribution in [0.15, 0.2) is 60.7 Å². The minimum Gasteiger partial charge on any atom is -0.335 e. The quantitative estimate of drug-likeness (QED) is 0.852. The zero-order chi connectivity index (χ0) is 17.6. The van der Waals surface area contributed by atoms with E-state index in [4.69, 9.17) is 0 Å². The zero-order valence-corrected chi connectivity index (χ0v) is 14.3. The molecule has 0 heterocycles. The van der Waals surface area contributed by atoms with Crippen molar-refractivity contribution in [1.82, 2.24) is 15.5 Å². The summed E-state index contributed by atoms with van der Waals surface area (Å²) < 4.78 is 0. The van der Waals surface area contributed by atoms with E-state index in [1.807, 2.05) is 72.6 Å². The van der Waals surface area contributed by atoms with Crippen molar-refractivity contribution in [1.29, 1.82) is 0 Å². The van der Waals surface area contributed by atoms with Gasteiger partial charge in [-0.3, -0.25) is 15.0 Å². The highest BCUT2D eigenvalue weighted by Gasteiger charge is 2.25. The second-order valence-electron chi connectivity index (χ2n) is 6.43. The minimum absolute atomic E-state index is 0.0559. The Morgan fingerprint density at radius 1 is 1.00 bits per heavy atom. The fraction of sp³-hybridized carbons (Fsp3) is 0.300. The Balaban J connectivity index is 1.69. The number of amides is 3. The molecule has 3 rings (SSSR count). The van der Waals surface area contributed by atoms with E-state index < -0.39 is 6.03 Å². The van der Waals surface area contributed by atoms with Crippen molar-refractivity contribution in [2.75, 3.05) is 13.6 Å². The third-order valence-electron chi connectivity index (χ3n) is 4.23. The van der Waals surface area contributed by atoms with Crippen LogP contribution in [0.1, 0.15) is 30.0 Å². The lowest BCUT2D eigenvalue weighted by atomic mass is 9.97. The topological polar surface area (TPSA) is 61.4 Å². The molecular weight excluding hydrogens is 314 g/mol. The number of urea groups is 1. The molecule has 5 nitrogen and oxygen atoms in total. The number of nitrogens with zero attached hydrogens (tertiary/aromatic N) is 1. The molecule has 0 radical (unpaired) electrons. The second kappa shape index (κ2) is 7.94. The maximum atomic E-state index is 12.2. The van der Waals surface area contributed by atoms with Crippen molar-refractivity contribution >= 4 is 11.9 Å². The van der Waals surface area contributed by atoms with Crippen LogP contribution in [0.5, 0.6) is 0 Å². The molecule has 0 atom stereocenters. The first-order valence-corrected chi connectivity index (χ1v) is 8.54. The molecule has 2 aromatic carbocycles. The van der Waals surface area contributed by atoms with E-state index in [-0.39, 0.29) is 24.5 Å². The standard InChI is InChI=1S/C20H23N3O2/c1-23(14-18(24)22-20(25)21-17-12-13-17)19(15-8-4-2-5-9-15)16-10-6-3-7-11-16/h2-11,17,19H,12-14H2,1H3,(H2,21,22,24,25). The molecule has 25 heavy (non-hydrogen) atoms. The Morgan fingerprint density at radius 2 is 1.52 bits per heavy atom. The highest BCUT2D eigenvalue weighted by atomic mass is 16.2. The van der Waals surface area contributed by atoms with E-state index in [2.05, 4.69) is 10.6 Å². The first-order valence-electron chi connectivity index (χ1n) is 8.54. The van der Waals surface area contributed by atoms with Crippen molar-refractivity contribution < 1.29 is 9.59 Å². The molecule has 0 bridgehead atoms. The molecular formula is C20H23N3O2. The van der Waals surface area contributed by atoms with Crippen molar-refractivity contribution in [3.8, 4) is 0 Å². The molecule has 1 aliphatic carbocycles. The van der Waals surface area contributed by atoms with Crippen LogP contribution in [0.3, 0.4) is 0 Å². The largest absolute Gasteiger partial charge is 0.335 e. The van der Waals surface area contributed by atoms with Gasteiger partial charge in [-0.25, -0.2) is 4.79 Å². The van der Waals surface area contributed by atoms with Gasteiger partial charge in [-0.2, -0.15) is 0 Å². The molecule has 1 fully saturated rings. The molecule has 0 spiro atoms. The lowest BCUT2D eigenvalue weighted by molar-refractivity contribution is -0.121. The first-order chi connectivity index (χ1) is 12.1. The van der Waals surface area contributed by atoms with Gasteiger partial charge in [0.2, 0.25) is 5.91 Å². The van der Waals surface area contributed by atoms with E-state index >= 15 is 0 Å². The summed E-state index contributed by atoms with van der Waals surface area (Å²) in [6, 6.07) is 19.9. The summed E-state index contributed by atoms with van der Waals surface area (Å²) in [6.45, 7) is 0.131. The van der Waals surface area contributed by atoms with Crippen molar-refractivity contribution in [2.24, 2.45) is 0 Å². The van der Waals surface area contributed by atoms with E-state index in [1.165, 1.54) is 0 Å². The summed E-state index contributed by atoms with van der Waals surface area (Å²) in [7, 11) is 1.89. The van der Waals surface area contributed by atoms with E-state index in [0.717, 1.165) is 24.0 Å². The van der Waals surface area contributed by atoms with Gasteiger partial charge in [0.1, 0.15) is 0 Å². The zero-order valence-electron chi connectivity index (χ0n) is 14.3. The summed E-state index contributed by atoms with van der Waals surface area (Å²) in [5.41, 5.74) is 2.21. The number of benzene rings is 2. The summed E-state index contributed by atoms with van der Waals surface area (Å²) in [6.07, 6.45) is 1.98. The summed E-state index contributed by atoms with van der Waals surface area (Å²) in [4.78, 5) is 25.9. The van der Waals surface area contributed by atoms with Crippen LogP contribution in [0.25, 0.3) is 0 Å². The number of likely N-dealkylation sites (N-methyl/N-ethyl adjacent to an activating group) is 1. The number of carbonyl (C=O) groups excluding carboxylic acids is 2. The lowest BCUT2D eigenvalue weighted by Gasteiger charge is -2.28. The Morgan fingerprint density at radius 3 is 2.00 bits per heavy atom. The summed E-state index contributed by atoms with van der Waals surface area (Å²) in [5, 5.41) is 5.17. The number of rotatable bonds is 6. The Bertz CT molecular complexity index is 675. The van der Waals surface area contributed by atoms with Gasteiger partial charge in [0.25, 0.3) is 0 Å². The van der Waals surface area contributed by atoms with Gasteiger partial charge in [0, 0.05) is 6.04 Å². The maximum absolute atomic E-state index is 12.2. The van der Waals surface area contributed by atoms with Crippen molar-refractivity contribution in [3.63, 3.8) is 0 Å². The van der Waals surface area contributed by atoms with Crippen molar-refractivity contribution in [3.05, 3.63) is 71.8 Å². The van der Waals surface area contributed by atoms with Gasteiger partial charge >= 0.3 is 6.03 Å². The molecule has 1 aliphatic rings. The van der Waals surface area contributed by atoms with E-state index in [9.17, 15) is 9.59 Å². The van der Waals surface area contributed by atoms with E-state index in [1.54, 1.807) is 0 Å². The fourth-order valence-corrected chi connectivity index (χ4v) is 2.91. The third-order valence-corrected chi connectivity index (χ3v) is 4.23. The average molecular weight is 337 g/mol. The predicted octanol–water partition coefficient (Wildman–Crippen LogP) is 2.70. The fourth-order valence-electron chi connectivity index (χ4n) is 2.91. The molecule has 2 aromatic rings. The van der Waals surface area contributed by atoms with E-state index in [0.29, 0.717) is 0 Å². The normalized spacial score (nSPS) is 13.7. The number of carbonyl (C=O) groups is 2. The SMILES string of the molecule is CN(CC(=O)NC(=O)NC1CC1)C(c1ccccc1)c1ccccc1. The molecule has 0 saturated heterocycles. The molecule has 2 N–H and O–H groups in total. The highest BCUT2D eigenvalue weighted by Crippen LogP contribution is 2.27. The van der Waals surface area contributed by atoms with Gasteiger partial charge in [0.05, 0.1) is 12.6 Å². The molecule has 3 amide bonds. The number of imide groups is 1. The second-order valence-corrected chi connectivity index (χ2v) is 6.43. The Labute approximate surface area is 148 Å². The monoisotopic (exact) mass is 337 g/mol.